The molecule has 1 saturated carbocycles. The fourth-order valence-electron chi connectivity index (χ4n) is 1.67. The smallest absolute Gasteiger partial charge is 0.0704 e. The molecule has 0 aliphatic heterocycles. The molecule has 3 heteroatoms. The van der Waals surface area contributed by atoms with Crippen molar-refractivity contribution >= 4 is 0 Å². The van der Waals surface area contributed by atoms with E-state index in [9.17, 15) is 0 Å². The number of rotatable bonds is 5. The molecule has 3 nitrogen and oxygen atoms in total. The third kappa shape index (κ3) is 2.69. The van der Waals surface area contributed by atoms with Gasteiger partial charge in [0.15, 0.2) is 0 Å². The second-order valence-corrected chi connectivity index (χ2v) is 4.94. The van der Waals surface area contributed by atoms with Crippen LogP contribution in [0.1, 0.15) is 34.1 Å². The van der Waals surface area contributed by atoms with Crippen LogP contribution in [0.5, 0.6) is 0 Å². The predicted octanol–water partition coefficient (Wildman–Crippen LogP) is 1.55. The average molecular weight is 201 g/mol. The highest BCUT2D eigenvalue weighted by Gasteiger charge is 2.46. The topological polar surface area (TPSA) is 44.5 Å². The van der Waals surface area contributed by atoms with E-state index >= 15 is 0 Å². The van der Waals surface area contributed by atoms with E-state index in [1.54, 1.807) is 0 Å². The zero-order chi connectivity index (χ0) is 10.8. The van der Waals surface area contributed by atoms with E-state index in [2.05, 4.69) is 13.8 Å². The van der Waals surface area contributed by atoms with Crippen molar-refractivity contribution in [3.05, 3.63) is 0 Å². The Labute approximate surface area is 86.9 Å². The van der Waals surface area contributed by atoms with Crippen molar-refractivity contribution in [2.45, 2.75) is 52.4 Å². The van der Waals surface area contributed by atoms with Crippen LogP contribution < -0.4 is 5.73 Å². The van der Waals surface area contributed by atoms with Gasteiger partial charge in [-0.05, 0) is 20.3 Å². The summed E-state index contributed by atoms with van der Waals surface area (Å²) in [6.45, 7) is 9.75. The molecule has 14 heavy (non-hydrogen) atoms. The number of ether oxygens (including phenoxy) is 2. The molecule has 1 fully saturated rings. The summed E-state index contributed by atoms with van der Waals surface area (Å²) in [5.41, 5.74) is 6.02. The van der Waals surface area contributed by atoms with Crippen molar-refractivity contribution < 1.29 is 9.47 Å². The van der Waals surface area contributed by atoms with Crippen LogP contribution in [0.4, 0.5) is 0 Å². The van der Waals surface area contributed by atoms with E-state index < -0.39 is 0 Å². The fraction of sp³-hybridized carbons (Fsp3) is 1.00. The summed E-state index contributed by atoms with van der Waals surface area (Å²) in [6.07, 6.45) is 1.58. The van der Waals surface area contributed by atoms with Gasteiger partial charge in [-0.3, -0.25) is 0 Å². The Morgan fingerprint density at radius 2 is 2.00 bits per heavy atom. The lowest BCUT2D eigenvalue weighted by Crippen LogP contribution is -2.59. The van der Waals surface area contributed by atoms with Gasteiger partial charge in [-0.15, -0.1) is 0 Å². The lowest BCUT2D eigenvalue weighted by Gasteiger charge is -2.49. The second-order valence-electron chi connectivity index (χ2n) is 4.94. The molecule has 0 amide bonds. The first-order chi connectivity index (χ1) is 6.44. The Balaban J connectivity index is 2.09. The summed E-state index contributed by atoms with van der Waals surface area (Å²) < 4.78 is 11.1. The largest absolute Gasteiger partial charge is 0.376 e. The van der Waals surface area contributed by atoms with E-state index in [0.29, 0.717) is 25.4 Å². The van der Waals surface area contributed by atoms with E-state index in [1.807, 2.05) is 13.8 Å². The molecule has 84 valence electrons. The molecule has 2 unspecified atom stereocenters. The summed E-state index contributed by atoms with van der Waals surface area (Å²) in [5, 5.41) is 0. The quantitative estimate of drug-likeness (QED) is 0.686. The number of hydrogen-bond acceptors (Lipinski definition) is 3. The molecule has 0 bridgehead atoms. The highest BCUT2D eigenvalue weighted by atomic mass is 16.5. The normalized spacial score (nSPS) is 30.4. The summed E-state index contributed by atoms with van der Waals surface area (Å²) in [5.74, 6) is 0. The fourth-order valence-corrected chi connectivity index (χ4v) is 1.67. The highest BCUT2D eigenvalue weighted by Crippen LogP contribution is 2.41. The predicted molar refractivity (Wildman–Crippen MR) is 57.2 cm³/mol. The minimum Gasteiger partial charge on any atom is -0.376 e. The minimum absolute atomic E-state index is 0.137. The maximum absolute atomic E-state index is 5.89. The summed E-state index contributed by atoms with van der Waals surface area (Å²) in [7, 11) is 0. The molecule has 0 aromatic heterocycles. The van der Waals surface area contributed by atoms with Crippen LogP contribution in [-0.2, 0) is 9.47 Å². The molecule has 2 N–H and O–H groups in total. The molecule has 0 saturated heterocycles. The van der Waals surface area contributed by atoms with Gasteiger partial charge >= 0.3 is 0 Å². The van der Waals surface area contributed by atoms with Crippen molar-refractivity contribution in [2.24, 2.45) is 11.1 Å². The molecular weight excluding hydrogens is 178 g/mol. The van der Waals surface area contributed by atoms with Crippen molar-refractivity contribution in [3.63, 3.8) is 0 Å². The van der Waals surface area contributed by atoms with Crippen LogP contribution in [0.25, 0.3) is 0 Å². The molecule has 0 heterocycles. The molecule has 0 aromatic rings. The maximum atomic E-state index is 5.89. The monoisotopic (exact) mass is 201 g/mol. The van der Waals surface area contributed by atoms with Crippen LogP contribution in [0.15, 0.2) is 0 Å². The number of hydrogen-bond donors (Lipinski definition) is 1. The molecule has 0 spiro atoms. The molecule has 1 aliphatic rings. The van der Waals surface area contributed by atoms with Gasteiger partial charge in [0, 0.05) is 11.5 Å². The van der Waals surface area contributed by atoms with E-state index in [0.717, 1.165) is 6.42 Å². The van der Waals surface area contributed by atoms with Crippen molar-refractivity contribution in [2.75, 3.05) is 13.2 Å². The van der Waals surface area contributed by atoms with Crippen LogP contribution in [0.2, 0.25) is 0 Å². The highest BCUT2D eigenvalue weighted by molar-refractivity contribution is 5.00. The number of nitrogens with two attached hydrogens (primary N) is 1. The third-order valence-corrected chi connectivity index (χ3v) is 3.11. The van der Waals surface area contributed by atoms with Crippen LogP contribution in [0, 0.1) is 5.41 Å². The zero-order valence-corrected chi connectivity index (χ0v) is 9.75. The van der Waals surface area contributed by atoms with Gasteiger partial charge in [0.1, 0.15) is 0 Å². The molecule has 2 atom stereocenters. The van der Waals surface area contributed by atoms with Gasteiger partial charge in [0.25, 0.3) is 0 Å². The Morgan fingerprint density at radius 3 is 2.43 bits per heavy atom. The van der Waals surface area contributed by atoms with Gasteiger partial charge in [0.05, 0.1) is 25.4 Å². The van der Waals surface area contributed by atoms with Gasteiger partial charge in [-0.2, -0.15) is 0 Å². The van der Waals surface area contributed by atoms with Crippen molar-refractivity contribution in [1.82, 2.24) is 0 Å². The van der Waals surface area contributed by atoms with Crippen LogP contribution in [-0.4, -0.2) is 31.5 Å². The first kappa shape index (κ1) is 12.0. The molecular formula is C11H23NO2. The first-order valence-corrected chi connectivity index (χ1v) is 5.43. The summed E-state index contributed by atoms with van der Waals surface area (Å²) >= 11 is 0. The lowest BCUT2D eigenvalue weighted by molar-refractivity contribution is -0.121. The molecule has 1 rings (SSSR count). The Morgan fingerprint density at radius 1 is 1.36 bits per heavy atom. The zero-order valence-electron chi connectivity index (χ0n) is 9.75. The average Bonchev–Trinajstić information content (AvgIpc) is 2.10. The van der Waals surface area contributed by atoms with Crippen molar-refractivity contribution in [1.29, 1.82) is 0 Å². The van der Waals surface area contributed by atoms with Gasteiger partial charge < -0.3 is 15.2 Å². The lowest BCUT2D eigenvalue weighted by atomic mass is 9.65. The standard InChI is InChI=1S/C11H23NO2/c1-8(2)13-5-6-14-10-7-9(12)11(10,3)4/h8-10H,5-7,12H2,1-4H3. The van der Waals surface area contributed by atoms with E-state index in [1.165, 1.54) is 0 Å². The molecule has 0 aromatic carbocycles. The van der Waals surface area contributed by atoms with E-state index in [4.69, 9.17) is 15.2 Å². The van der Waals surface area contributed by atoms with Crippen molar-refractivity contribution in [3.8, 4) is 0 Å². The third-order valence-electron chi connectivity index (χ3n) is 3.11. The minimum atomic E-state index is 0.137. The summed E-state index contributed by atoms with van der Waals surface area (Å²) in [6, 6.07) is 0.290. The Bertz CT molecular complexity index is 180. The second kappa shape index (κ2) is 4.60. The van der Waals surface area contributed by atoms with Gasteiger partial charge in [-0.1, -0.05) is 13.8 Å². The molecule has 0 radical (unpaired) electrons. The summed E-state index contributed by atoms with van der Waals surface area (Å²) in [4.78, 5) is 0. The van der Waals surface area contributed by atoms with Crippen LogP contribution in [0.3, 0.4) is 0 Å². The van der Waals surface area contributed by atoms with Gasteiger partial charge in [-0.25, -0.2) is 0 Å². The van der Waals surface area contributed by atoms with Crippen LogP contribution >= 0.6 is 0 Å². The first-order valence-electron chi connectivity index (χ1n) is 5.43. The Kier molecular flexibility index (Phi) is 3.93. The molecule has 1 aliphatic carbocycles. The SMILES string of the molecule is CC(C)OCCOC1CC(N)C1(C)C. The van der Waals surface area contributed by atoms with Gasteiger partial charge in [0.2, 0.25) is 0 Å². The van der Waals surface area contributed by atoms with E-state index in [-0.39, 0.29) is 11.5 Å². The maximum Gasteiger partial charge on any atom is 0.0704 e. The Hall–Kier alpha value is -0.120.